The first-order valence-corrected chi connectivity index (χ1v) is 7.03. The van der Waals surface area contributed by atoms with E-state index >= 15 is 0 Å². The van der Waals surface area contributed by atoms with Crippen molar-refractivity contribution < 1.29 is 14.7 Å². The van der Waals surface area contributed by atoms with Crippen molar-refractivity contribution in [1.29, 1.82) is 0 Å². The number of carboxylic acids is 1. The third-order valence-electron chi connectivity index (χ3n) is 3.86. The zero-order valence-electron chi connectivity index (χ0n) is 12.3. The second-order valence-electron chi connectivity index (χ2n) is 5.61. The number of nitrogens with one attached hydrogen (secondary N) is 2. The van der Waals surface area contributed by atoms with Gasteiger partial charge in [-0.15, -0.1) is 0 Å². The second kappa shape index (κ2) is 6.03. The molecule has 0 saturated heterocycles. The van der Waals surface area contributed by atoms with E-state index in [1.165, 1.54) is 0 Å². The zero-order chi connectivity index (χ0) is 15.5. The van der Waals surface area contributed by atoms with Crippen LogP contribution in [-0.2, 0) is 4.79 Å². The summed E-state index contributed by atoms with van der Waals surface area (Å²) in [6.07, 6.45) is 2.61. The molecule has 21 heavy (non-hydrogen) atoms. The smallest absolute Gasteiger partial charge is 0.329 e. The molecular weight excluding hydrogens is 270 g/mol. The number of hydrogen-bond acceptors (Lipinski definition) is 3. The molecule has 0 aromatic heterocycles. The number of carbonyl (C=O) groups is 2. The number of amides is 2. The third-order valence-corrected chi connectivity index (χ3v) is 3.86. The topological polar surface area (TPSA) is 81.7 Å². The van der Waals surface area contributed by atoms with Crippen LogP contribution in [0.15, 0.2) is 24.3 Å². The molecule has 1 fully saturated rings. The number of hydrogen-bond donors (Lipinski definition) is 3. The number of carboxylic acid groups (broad SMARTS) is 1. The fraction of sp³-hybridized carbons (Fsp3) is 0.467. The van der Waals surface area contributed by atoms with Crippen molar-refractivity contribution in [2.24, 2.45) is 0 Å². The lowest BCUT2D eigenvalue weighted by Gasteiger charge is -2.25. The van der Waals surface area contributed by atoms with Gasteiger partial charge >= 0.3 is 12.0 Å². The Morgan fingerprint density at radius 1 is 1.14 bits per heavy atom. The molecule has 1 aromatic rings. The predicted molar refractivity (Wildman–Crippen MR) is 81.8 cm³/mol. The van der Waals surface area contributed by atoms with Gasteiger partial charge in [0, 0.05) is 25.5 Å². The van der Waals surface area contributed by atoms with Crippen LogP contribution in [-0.4, -0.2) is 36.7 Å². The molecule has 0 spiro atoms. The molecule has 0 bridgehead atoms. The van der Waals surface area contributed by atoms with Gasteiger partial charge in [-0.05, 0) is 37.1 Å². The molecule has 1 aromatic carbocycles. The summed E-state index contributed by atoms with van der Waals surface area (Å²) in [5, 5.41) is 14.6. The van der Waals surface area contributed by atoms with Gasteiger partial charge in [-0.3, -0.25) is 0 Å². The van der Waals surface area contributed by atoms with Crippen LogP contribution in [0.3, 0.4) is 0 Å². The SMILES string of the molecule is CN(C)c1ccc(NC(=O)NC2(C(=O)O)CCCC2)cc1. The monoisotopic (exact) mass is 291 g/mol. The summed E-state index contributed by atoms with van der Waals surface area (Å²) in [5.74, 6) is -0.960. The average molecular weight is 291 g/mol. The second-order valence-corrected chi connectivity index (χ2v) is 5.61. The Morgan fingerprint density at radius 3 is 2.19 bits per heavy atom. The molecule has 0 unspecified atom stereocenters. The van der Waals surface area contributed by atoms with Crippen LogP contribution in [0.1, 0.15) is 25.7 Å². The highest BCUT2D eigenvalue weighted by Crippen LogP contribution is 2.30. The molecule has 6 nitrogen and oxygen atoms in total. The maximum absolute atomic E-state index is 12.0. The minimum atomic E-state index is -1.12. The van der Waals surface area contributed by atoms with Crippen molar-refractivity contribution >= 4 is 23.4 Å². The molecule has 0 radical (unpaired) electrons. The van der Waals surface area contributed by atoms with Crippen LogP contribution in [0.2, 0.25) is 0 Å². The molecule has 1 saturated carbocycles. The Bertz CT molecular complexity index is 519. The van der Waals surface area contributed by atoms with E-state index in [9.17, 15) is 14.7 Å². The number of rotatable bonds is 4. The zero-order valence-corrected chi connectivity index (χ0v) is 12.3. The molecule has 0 atom stereocenters. The largest absolute Gasteiger partial charge is 0.480 e. The Hall–Kier alpha value is -2.24. The van der Waals surface area contributed by atoms with Crippen LogP contribution < -0.4 is 15.5 Å². The third kappa shape index (κ3) is 3.45. The van der Waals surface area contributed by atoms with E-state index in [0.29, 0.717) is 18.5 Å². The van der Waals surface area contributed by atoms with Crippen LogP contribution in [0.5, 0.6) is 0 Å². The van der Waals surface area contributed by atoms with Gasteiger partial charge in [0.25, 0.3) is 0 Å². The van der Waals surface area contributed by atoms with Gasteiger partial charge in [0.2, 0.25) is 0 Å². The highest BCUT2D eigenvalue weighted by atomic mass is 16.4. The lowest BCUT2D eigenvalue weighted by molar-refractivity contribution is -0.144. The summed E-state index contributed by atoms with van der Waals surface area (Å²) < 4.78 is 0. The Kier molecular flexibility index (Phi) is 4.35. The quantitative estimate of drug-likeness (QED) is 0.795. The van der Waals surface area contributed by atoms with Gasteiger partial charge in [0.15, 0.2) is 0 Å². The number of carbonyl (C=O) groups excluding carboxylic acids is 1. The van der Waals surface area contributed by atoms with Crippen LogP contribution >= 0.6 is 0 Å². The van der Waals surface area contributed by atoms with Crippen LogP contribution in [0, 0.1) is 0 Å². The van der Waals surface area contributed by atoms with Crippen molar-refractivity contribution in [3.05, 3.63) is 24.3 Å². The fourth-order valence-corrected chi connectivity index (χ4v) is 2.59. The Morgan fingerprint density at radius 2 is 1.71 bits per heavy atom. The standard InChI is InChI=1S/C15H21N3O3/c1-18(2)12-7-5-11(6-8-12)16-14(21)17-15(13(19)20)9-3-4-10-15/h5-8H,3-4,9-10H2,1-2H3,(H,19,20)(H2,16,17,21). The van der Waals surface area contributed by atoms with Crippen molar-refractivity contribution in [2.45, 2.75) is 31.2 Å². The van der Waals surface area contributed by atoms with E-state index in [2.05, 4.69) is 10.6 Å². The van der Waals surface area contributed by atoms with Gasteiger partial charge < -0.3 is 20.6 Å². The first-order valence-electron chi connectivity index (χ1n) is 7.03. The summed E-state index contributed by atoms with van der Waals surface area (Å²) in [4.78, 5) is 25.3. The molecule has 114 valence electrons. The van der Waals surface area contributed by atoms with Crippen LogP contribution in [0.4, 0.5) is 16.2 Å². The van der Waals surface area contributed by atoms with Crippen LogP contribution in [0.25, 0.3) is 0 Å². The number of urea groups is 1. The molecule has 0 aliphatic heterocycles. The number of aliphatic carboxylic acids is 1. The normalized spacial score (nSPS) is 16.3. The van der Waals surface area contributed by atoms with E-state index in [1.807, 2.05) is 31.1 Å². The lowest BCUT2D eigenvalue weighted by atomic mass is 9.98. The van der Waals surface area contributed by atoms with Gasteiger partial charge in [-0.25, -0.2) is 9.59 Å². The number of nitrogens with zero attached hydrogens (tertiary/aromatic N) is 1. The van der Waals surface area contributed by atoms with Gasteiger partial charge in [0.1, 0.15) is 5.54 Å². The van der Waals surface area contributed by atoms with E-state index < -0.39 is 17.5 Å². The Labute approximate surface area is 124 Å². The minimum Gasteiger partial charge on any atom is -0.480 e. The molecule has 1 aliphatic rings. The highest BCUT2D eigenvalue weighted by Gasteiger charge is 2.42. The van der Waals surface area contributed by atoms with Gasteiger partial charge in [-0.2, -0.15) is 0 Å². The summed E-state index contributed by atoms with van der Waals surface area (Å²) in [7, 11) is 3.87. The molecular formula is C15H21N3O3. The summed E-state index contributed by atoms with van der Waals surface area (Å²) >= 11 is 0. The summed E-state index contributed by atoms with van der Waals surface area (Å²) in [6, 6.07) is 6.88. The number of benzene rings is 1. The minimum absolute atomic E-state index is 0.475. The van der Waals surface area contributed by atoms with Crippen molar-refractivity contribution in [2.75, 3.05) is 24.3 Å². The Balaban J connectivity index is 1.99. The van der Waals surface area contributed by atoms with Gasteiger partial charge in [0.05, 0.1) is 0 Å². The first kappa shape index (κ1) is 15.2. The molecule has 6 heteroatoms. The summed E-state index contributed by atoms with van der Waals surface area (Å²) in [6.45, 7) is 0. The predicted octanol–water partition coefficient (Wildman–Crippen LogP) is 2.27. The van der Waals surface area contributed by atoms with E-state index in [-0.39, 0.29) is 0 Å². The lowest BCUT2D eigenvalue weighted by Crippen LogP contribution is -2.53. The molecule has 3 N–H and O–H groups in total. The summed E-state index contributed by atoms with van der Waals surface area (Å²) in [5.41, 5.74) is 0.545. The highest BCUT2D eigenvalue weighted by molar-refractivity contribution is 5.94. The fourth-order valence-electron chi connectivity index (χ4n) is 2.59. The van der Waals surface area contributed by atoms with Crippen molar-refractivity contribution in [1.82, 2.24) is 5.32 Å². The van der Waals surface area contributed by atoms with E-state index in [1.54, 1.807) is 12.1 Å². The molecule has 2 amide bonds. The van der Waals surface area contributed by atoms with E-state index in [0.717, 1.165) is 18.5 Å². The first-order chi connectivity index (χ1) is 9.93. The van der Waals surface area contributed by atoms with E-state index in [4.69, 9.17) is 0 Å². The molecule has 1 aliphatic carbocycles. The maximum Gasteiger partial charge on any atom is 0.329 e. The average Bonchev–Trinajstić information content (AvgIpc) is 2.89. The maximum atomic E-state index is 12.0. The number of anilines is 2. The van der Waals surface area contributed by atoms with Gasteiger partial charge in [-0.1, -0.05) is 12.8 Å². The van der Waals surface area contributed by atoms with Crippen molar-refractivity contribution in [3.63, 3.8) is 0 Å². The molecule has 2 rings (SSSR count). The van der Waals surface area contributed by atoms with Crippen molar-refractivity contribution in [3.8, 4) is 0 Å². The molecule has 0 heterocycles.